The molecule has 2 heteroatoms. The lowest BCUT2D eigenvalue weighted by atomic mass is 10.0. The maximum Gasteiger partial charge on any atom is 0.101 e. The van der Waals surface area contributed by atoms with E-state index in [2.05, 4.69) is 43.0 Å². The van der Waals surface area contributed by atoms with E-state index in [-0.39, 0.29) is 0 Å². The van der Waals surface area contributed by atoms with Gasteiger partial charge in [0.1, 0.15) is 6.17 Å². The summed E-state index contributed by atoms with van der Waals surface area (Å²) in [5, 5.41) is 0. The van der Waals surface area contributed by atoms with Crippen LogP contribution in [0.15, 0.2) is 12.4 Å². The van der Waals surface area contributed by atoms with Crippen molar-refractivity contribution in [3.63, 3.8) is 0 Å². The van der Waals surface area contributed by atoms with E-state index in [1.165, 1.54) is 167 Å². The summed E-state index contributed by atoms with van der Waals surface area (Å²) in [7, 11) is 0. The third-order valence-corrected chi connectivity index (χ3v) is 7.82. The molecule has 202 valence electrons. The Hall–Kier alpha value is -0.660. The Morgan fingerprint density at radius 2 is 0.706 bits per heavy atom. The molecule has 1 rings (SSSR count). The average molecular weight is 477 g/mol. The fourth-order valence-corrected chi connectivity index (χ4v) is 5.45. The summed E-state index contributed by atoms with van der Waals surface area (Å²) in [6.07, 6.45) is 39.6. The molecule has 0 fully saturated rings. The van der Waals surface area contributed by atoms with Crippen LogP contribution in [0.2, 0.25) is 0 Å². The van der Waals surface area contributed by atoms with Crippen molar-refractivity contribution in [1.29, 1.82) is 0 Å². The summed E-state index contributed by atoms with van der Waals surface area (Å²) < 4.78 is 0. The van der Waals surface area contributed by atoms with Gasteiger partial charge in [0, 0.05) is 25.5 Å². The van der Waals surface area contributed by atoms with Gasteiger partial charge >= 0.3 is 0 Å². The van der Waals surface area contributed by atoms with Crippen LogP contribution in [0.1, 0.15) is 175 Å². The first kappa shape index (κ1) is 31.4. The van der Waals surface area contributed by atoms with Gasteiger partial charge in [0.25, 0.3) is 0 Å². The van der Waals surface area contributed by atoms with Crippen molar-refractivity contribution in [1.82, 2.24) is 9.80 Å². The smallest absolute Gasteiger partial charge is 0.101 e. The zero-order valence-electron chi connectivity index (χ0n) is 24.0. The molecule has 0 amide bonds. The molecular weight excluding hydrogens is 412 g/mol. The molecule has 34 heavy (non-hydrogen) atoms. The van der Waals surface area contributed by atoms with E-state index in [9.17, 15) is 0 Å². The molecule has 0 bridgehead atoms. The van der Waals surface area contributed by atoms with Gasteiger partial charge in [-0.15, -0.1) is 0 Å². The lowest BCUT2D eigenvalue weighted by Gasteiger charge is -2.33. The molecule has 0 spiro atoms. The molecule has 1 heterocycles. The summed E-state index contributed by atoms with van der Waals surface area (Å²) in [5.41, 5.74) is 0. The Morgan fingerprint density at radius 1 is 0.382 bits per heavy atom. The lowest BCUT2D eigenvalue weighted by molar-refractivity contribution is 0.136. The summed E-state index contributed by atoms with van der Waals surface area (Å²) >= 11 is 0. The van der Waals surface area contributed by atoms with Gasteiger partial charge < -0.3 is 9.80 Å². The highest BCUT2D eigenvalue weighted by atomic mass is 15.4. The summed E-state index contributed by atoms with van der Waals surface area (Å²) in [4.78, 5) is 5.32. The predicted octanol–water partition coefficient (Wildman–Crippen LogP) is 10.8. The molecule has 1 aliphatic heterocycles. The Morgan fingerprint density at radius 3 is 1.12 bits per heavy atom. The second-order valence-electron chi connectivity index (χ2n) is 11.1. The van der Waals surface area contributed by atoms with Gasteiger partial charge in [-0.05, 0) is 25.7 Å². The Kier molecular flexibility index (Phi) is 22.2. The quantitative estimate of drug-likeness (QED) is 0.114. The number of hydrogen-bond donors (Lipinski definition) is 0. The minimum Gasteiger partial charge on any atom is -0.356 e. The van der Waals surface area contributed by atoms with E-state index in [0.717, 1.165) is 0 Å². The van der Waals surface area contributed by atoms with Gasteiger partial charge in [-0.2, -0.15) is 0 Å². The Balaban J connectivity index is 2.09. The Bertz CT molecular complexity index is 433. The third kappa shape index (κ3) is 16.9. The fourth-order valence-electron chi connectivity index (χ4n) is 5.45. The molecule has 0 saturated carbocycles. The molecule has 0 radical (unpaired) electrons. The van der Waals surface area contributed by atoms with Crippen LogP contribution in [0, 0.1) is 0 Å². The molecule has 0 saturated heterocycles. The maximum atomic E-state index is 2.68. The van der Waals surface area contributed by atoms with Crippen molar-refractivity contribution in [2.75, 3.05) is 13.1 Å². The highest BCUT2D eigenvalue weighted by Gasteiger charge is 2.24. The molecule has 1 aliphatic rings. The average Bonchev–Trinajstić information content (AvgIpc) is 3.23. The molecule has 2 nitrogen and oxygen atoms in total. The zero-order valence-corrected chi connectivity index (χ0v) is 24.0. The fraction of sp³-hybridized carbons (Fsp3) is 0.938. The second-order valence-corrected chi connectivity index (χ2v) is 11.1. The van der Waals surface area contributed by atoms with E-state index >= 15 is 0 Å². The van der Waals surface area contributed by atoms with Crippen molar-refractivity contribution in [2.24, 2.45) is 0 Å². The van der Waals surface area contributed by atoms with Crippen molar-refractivity contribution >= 4 is 0 Å². The van der Waals surface area contributed by atoms with Crippen LogP contribution in [0.5, 0.6) is 0 Å². The van der Waals surface area contributed by atoms with Crippen LogP contribution in [0.25, 0.3) is 0 Å². The summed E-state index contributed by atoms with van der Waals surface area (Å²) in [6.45, 7) is 9.44. The van der Waals surface area contributed by atoms with Gasteiger partial charge in [0.05, 0.1) is 0 Å². The van der Waals surface area contributed by atoms with Crippen LogP contribution in [0.4, 0.5) is 0 Å². The first-order valence-corrected chi connectivity index (χ1v) is 16.0. The predicted molar refractivity (Wildman–Crippen MR) is 154 cm³/mol. The number of nitrogens with zero attached hydrogens (tertiary/aromatic N) is 2. The van der Waals surface area contributed by atoms with Gasteiger partial charge in [-0.3, -0.25) is 0 Å². The minimum atomic E-state index is 0.643. The maximum absolute atomic E-state index is 2.68. The number of unbranched alkanes of at least 4 members (excludes halogenated alkanes) is 20. The molecule has 0 N–H and O–H groups in total. The standard InChI is InChI=1S/C32H64N2/c1-4-7-10-12-14-16-17-18-19-20-22-24-26-29-34-31-30-33(28-9-6-3)32(34)27-25-23-21-15-13-11-8-5-2/h30-32H,4-29H2,1-3H3. The highest BCUT2D eigenvalue weighted by molar-refractivity contribution is 4.96. The summed E-state index contributed by atoms with van der Waals surface area (Å²) in [5.74, 6) is 0. The van der Waals surface area contributed by atoms with E-state index in [1.807, 2.05) is 0 Å². The van der Waals surface area contributed by atoms with Gasteiger partial charge in [0.15, 0.2) is 0 Å². The van der Waals surface area contributed by atoms with Crippen molar-refractivity contribution in [2.45, 2.75) is 181 Å². The molecule has 0 aromatic rings. The topological polar surface area (TPSA) is 6.48 Å². The van der Waals surface area contributed by atoms with E-state index in [0.29, 0.717) is 6.17 Å². The molecule has 1 unspecified atom stereocenters. The number of hydrogen-bond acceptors (Lipinski definition) is 2. The van der Waals surface area contributed by atoms with Gasteiger partial charge in [-0.1, -0.05) is 149 Å². The molecule has 0 aromatic carbocycles. The van der Waals surface area contributed by atoms with Crippen LogP contribution < -0.4 is 0 Å². The Labute approximate surface area is 216 Å². The normalized spacial score (nSPS) is 15.7. The van der Waals surface area contributed by atoms with Crippen LogP contribution in [-0.4, -0.2) is 29.1 Å². The molecule has 0 aliphatic carbocycles. The van der Waals surface area contributed by atoms with Crippen LogP contribution in [0.3, 0.4) is 0 Å². The molecule has 0 aromatic heterocycles. The highest BCUT2D eigenvalue weighted by Crippen LogP contribution is 2.23. The van der Waals surface area contributed by atoms with Crippen molar-refractivity contribution < 1.29 is 0 Å². The lowest BCUT2D eigenvalue weighted by Crippen LogP contribution is -2.39. The van der Waals surface area contributed by atoms with E-state index in [4.69, 9.17) is 0 Å². The summed E-state index contributed by atoms with van der Waals surface area (Å²) in [6, 6.07) is 0. The van der Waals surface area contributed by atoms with Crippen molar-refractivity contribution in [3.05, 3.63) is 12.4 Å². The largest absolute Gasteiger partial charge is 0.356 e. The molecular formula is C32H64N2. The third-order valence-electron chi connectivity index (χ3n) is 7.82. The van der Waals surface area contributed by atoms with Gasteiger partial charge in [0.2, 0.25) is 0 Å². The monoisotopic (exact) mass is 477 g/mol. The number of rotatable bonds is 26. The second kappa shape index (κ2) is 24.1. The SMILES string of the molecule is CCCCCCCCCCCCCCCN1C=CN(CCCC)C1CCCCCCCCCC. The van der Waals surface area contributed by atoms with Crippen LogP contribution in [-0.2, 0) is 0 Å². The zero-order chi connectivity index (χ0) is 24.5. The first-order valence-electron chi connectivity index (χ1n) is 16.0. The van der Waals surface area contributed by atoms with Crippen LogP contribution >= 0.6 is 0 Å². The van der Waals surface area contributed by atoms with E-state index < -0.39 is 0 Å². The van der Waals surface area contributed by atoms with Crippen molar-refractivity contribution in [3.8, 4) is 0 Å². The first-order chi connectivity index (χ1) is 16.8. The minimum absolute atomic E-state index is 0.643. The van der Waals surface area contributed by atoms with E-state index in [1.54, 1.807) is 0 Å². The molecule has 1 atom stereocenters. The van der Waals surface area contributed by atoms with Gasteiger partial charge in [-0.25, -0.2) is 0 Å².